The summed E-state index contributed by atoms with van der Waals surface area (Å²) >= 11 is 0. The van der Waals surface area contributed by atoms with Crippen LogP contribution in [0.25, 0.3) is 11.1 Å². The van der Waals surface area contributed by atoms with Crippen molar-refractivity contribution in [1.29, 1.82) is 0 Å². The fourth-order valence-corrected chi connectivity index (χ4v) is 1.79. The quantitative estimate of drug-likeness (QED) is 0.746. The molecule has 0 aliphatic heterocycles. The molecule has 0 spiro atoms. The van der Waals surface area contributed by atoms with E-state index in [2.05, 4.69) is 0 Å². The largest absolute Gasteiger partial charge is 0.456 e. The van der Waals surface area contributed by atoms with Crippen LogP contribution in [-0.2, 0) is 4.74 Å². The zero-order valence-corrected chi connectivity index (χ0v) is 11.5. The second kappa shape index (κ2) is 5.27. The minimum Gasteiger partial charge on any atom is -0.456 e. The summed E-state index contributed by atoms with van der Waals surface area (Å²) in [6.07, 6.45) is 0. The van der Waals surface area contributed by atoms with Crippen LogP contribution in [0.3, 0.4) is 0 Å². The van der Waals surface area contributed by atoms with Crippen molar-refractivity contribution >= 4 is 5.97 Å². The number of carbonyl (C=O) groups is 1. The van der Waals surface area contributed by atoms with Gasteiger partial charge in [0.1, 0.15) is 5.60 Å². The Balaban J connectivity index is 2.28. The van der Waals surface area contributed by atoms with Gasteiger partial charge in [-0.25, -0.2) is 4.79 Å². The number of ether oxygens (including phenoxy) is 1. The van der Waals surface area contributed by atoms with Gasteiger partial charge in [0.25, 0.3) is 0 Å². The summed E-state index contributed by atoms with van der Waals surface area (Å²) < 4.78 is 5.38. The highest BCUT2D eigenvalue weighted by atomic mass is 16.6. The summed E-state index contributed by atoms with van der Waals surface area (Å²) in [7, 11) is 0. The van der Waals surface area contributed by atoms with Crippen LogP contribution in [0.2, 0.25) is 0 Å². The summed E-state index contributed by atoms with van der Waals surface area (Å²) in [4.78, 5) is 12.0. The van der Waals surface area contributed by atoms with Crippen LogP contribution in [0.5, 0.6) is 0 Å². The van der Waals surface area contributed by atoms with Gasteiger partial charge >= 0.3 is 5.97 Å². The average molecular weight is 254 g/mol. The molecule has 2 nitrogen and oxygen atoms in total. The van der Waals surface area contributed by atoms with Crippen LogP contribution in [0.4, 0.5) is 0 Å². The van der Waals surface area contributed by atoms with Gasteiger partial charge in [-0.05, 0) is 44.0 Å². The number of esters is 1. The van der Waals surface area contributed by atoms with Crippen molar-refractivity contribution < 1.29 is 9.53 Å². The molecule has 0 N–H and O–H groups in total. The van der Waals surface area contributed by atoms with Crippen LogP contribution in [-0.4, -0.2) is 11.6 Å². The van der Waals surface area contributed by atoms with E-state index in [9.17, 15) is 4.79 Å². The molecule has 0 amide bonds. The first-order valence-corrected chi connectivity index (χ1v) is 6.34. The SMILES string of the molecule is CC(C)(C)OC(=O)c1cccc(-c2ccccc2)c1. The van der Waals surface area contributed by atoms with Crippen LogP contribution < -0.4 is 0 Å². The topological polar surface area (TPSA) is 26.3 Å². The second-order valence-electron chi connectivity index (χ2n) is 5.45. The zero-order valence-electron chi connectivity index (χ0n) is 11.5. The van der Waals surface area contributed by atoms with Crippen molar-refractivity contribution in [3.05, 3.63) is 60.2 Å². The van der Waals surface area contributed by atoms with E-state index in [-0.39, 0.29) is 5.97 Å². The lowest BCUT2D eigenvalue weighted by Crippen LogP contribution is -2.23. The highest BCUT2D eigenvalue weighted by Gasteiger charge is 2.17. The number of hydrogen-bond acceptors (Lipinski definition) is 2. The molecule has 0 aliphatic rings. The maximum atomic E-state index is 12.0. The molecule has 0 aromatic heterocycles. The molecular weight excluding hydrogens is 236 g/mol. The van der Waals surface area contributed by atoms with Gasteiger partial charge in [0, 0.05) is 0 Å². The van der Waals surface area contributed by atoms with Crippen molar-refractivity contribution in [3.63, 3.8) is 0 Å². The zero-order chi connectivity index (χ0) is 13.9. The Labute approximate surface area is 114 Å². The van der Waals surface area contributed by atoms with Gasteiger partial charge in [0.2, 0.25) is 0 Å². The first-order chi connectivity index (χ1) is 8.96. The van der Waals surface area contributed by atoms with E-state index in [0.717, 1.165) is 11.1 Å². The third-order valence-corrected chi connectivity index (χ3v) is 2.60. The summed E-state index contributed by atoms with van der Waals surface area (Å²) in [5, 5.41) is 0. The van der Waals surface area contributed by atoms with Gasteiger partial charge in [-0.15, -0.1) is 0 Å². The molecule has 2 aromatic carbocycles. The lowest BCUT2D eigenvalue weighted by molar-refractivity contribution is 0.00696. The Morgan fingerprint density at radius 2 is 1.53 bits per heavy atom. The van der Waals surface area contributed by atoms with Gasteiger partial charge in [-0.3, -0.25) is 0 Å². The Kier molecular flexibility index (Phi) is 3.70. The van der Waals surface area contributed by atoms with Crippen molar-refractivity contribution in [2.75, 3.05) is 0 Å². The Bertz CT molecular complexity index is 565. The average Bonchev–Trinajstić information content (AvgIpc) is 2.38. The second-order valence-corrected chi connectivity index (χ2v) is 5.45. The van der Waals surface area contributed by atoms with Gasteiger partial charge in [0.05, 0.1) is 5.56 Å². The first kappa shape index (κ1) is 13.3. The molecule has 2 heteroatoms. The molecule has 2 aromatic rings. The smallest absolute Gasteiger partial charge is 0.338 e. The van der Waals surface area contributed by atoms with Crippen LogP contribution in [0.1, 0.15) is 31.1 Å². The fraction of sp³-hybridized carbons (Fsp3) is 0.235. The summed E-state index contributed by atoms with van der Waals surface area (Å²) in [6, 6.07) is 17.5. The number of carbonyl (C=O) groups excluding carboxylic acids is 1. The minimum atomic E-state index is -0.472. The highest BCUT2D eigenvalue weighted by molar-refractivity contribution is 5.91. The number of hydrogen-bond donors (Lipinski definition) is 0. The Hall–Kier alpha value is -2.09. The van der Waals surface area contributed by atoms with Crippen molar-refractivity contribution in [2.24, 2.45) is 0 Å². The molecular formula is C17H18O2. The molecule has 19 heavy (non-hydrogen) atoms. The van der Waals surface area contributed by atoms with E-state index in [4.69, 9.17) is 4.74 Å². The van der Waals surface area contributed by atoms with Gasteiger partial charge in [0.15, 0.2) is 0 Å². The van der Waals surface area contributed by atoms with E-state index >= 15 is 0 Å². The maximum absolute atomic E-state index is 12.0. The molecule has 0 atom stereocenters. The third kappa shape index (κ3) is 3.68. The lowest BCUT2D eigenvalue weighted by atomic mass is 10.0. The molecule has 98 valence electrons. The monoisotopic (exact) mass is 254 g/mol. The summed E-state index contributed by atoms with van der Waals surface area (Å²) in [6.45, 7) is 5.60. The fourth-order valence-electron chi connectivity index (χ4n) is 1.79. The van der Waals surface area contributed by atoms with Crippen LogP contribution in [0, 0.1) is 0 Å². The van der Waals surface area contributed by atoms with Crippen LogP contribution >= 0.6 is 0 Å². The predicted molar refractivity (Wildman–Crippen MR) is 77.0 cm³/mol. The molecule has 0 aliphatic carbocycles. The molecule has 0 saturated carbocycles. The first-order valence-electron chi connectivity index (χ1n) is 6.34. The van der Waals surface area contributed by atoms with Gasteiger partial charge in [-0.2, -0.15) is 0 Å². The molecule has 2 rings (SSSR count). The van der Waals surface area contributed by atoms with E-state index < -0.39 is 5.60 Å². The van der Waals surface area contributed by atoms with Gasteiger partial charge in [-0.1, -0.05) is 42.5 Å². The van der Waals surface area contributed by atoms with Crippen LogP contribution in [0.15, 0.2) is 54.6 Å². The predicted octanol–water partition coefficient (Wildman–Crippen LogP) is 4.31. The standard InChI is InChI=1S/C17H18O2/c1-17(2,3)19-16(18)15-11-7-10-14(12-15)13-8-5-4-6-9-13/h4-12H,1-3H3. The number of benzene rings is 2. The van der Waals surface area contributed by atoms with E-state index in [1.54, 1.807) is 6.07 Å². The minimum absolute atomic E-state index is 0.287. The molecule has 0 fully saturated rings. The normalized spacial score (nSPS) is 11.1. The molecule has 0 bridgehead atoms. The molecule has 0 unspecified atom stereocenters. The van der Waals surface area contributed by atoms with E-state index in [0.29, 0.717) is 5.56 Å². The Morgan fingerprint density at radius 1 is 0.895 bits per heavy atom. The third-order valence-electron chi connectivity index (χ3n) is 2.60. The Morgan fingerprint density at radius 3 is 2.16 bits per heavy atom. The number of rotatable bonds is 2. The molecule has 0 saturated heterocycles. The van der Waals surface area contributed by atoms with Gasteiger partial charge < -0.3 is 4.74 Å². The van der Waals surface area contributed by atoms with Crippen molar-refractivity contribution in [1.82, 2.24) is 0 Å². The lowest BCUT2D eigenvalue weighted by Gasteiger charge is -2.19. The van der Waals surface area contributed by atoms with E-state index in [1.807, 2.05) is 69.3 Å². The summed E-state index contributed by atoms with van der Waals surface area (Å²) in [5.41, 5.74) is 2.22. The maximum Gasteiger partial charge on any atom is 0.338 e. The van der Waals surface area contributed by atoms with E-state index in [1.165, 1.54) is 0 Å². The molecule has 0 radical (unpaired) electrons. The van der Waals surface area contributed by atoms with Crippen molar-refractivity contribution in [2.45, 2.75) is 26.4 Å². The molecule has 0 heterocycles. The highest BCUT2D eigenvalue weighted by Crippen LogP contribution is 2.21. The van der Waals surface area contributed by atoms with Crippen molar-refractivity contribution in [3.8, 4) is 11.1 Å². The summed E-state index contributed by atoms with van der Waals surface area (Å²) in [5.74, 6) is -0.287.